The van der Waals surface area contributed by atoms with Crippen LogP contribution in [-0.4, -0.2) is 35.4 Å². The molecule has 0 amide bonds. The smallest absolute Gasteiger partial charge is 0.341 e. The minimum Gasteiger partial charge on any atom is -0.480 e. The van der Waals surface area contributed by atoms with E-state index in [1.807, 2.05) is 0 Å². The number of carbonyl (C=O) groups is 2. The molecular weight excluding hydrogens is 501 g/mol. The molecule has 0 radical (unpaired) electrons. The Morgan fingerprint density at radius 2 is 0.893 bits per heavy atom. The van der Waals surface area contributed by atoms with Crippen LogP contribution in [0.4, 0.5) is 0 Å². The summed E-state index contributed by atoms with van der Waals surface area (Å²) in [5.41, 5.74) is 0. The third-order valence-electron chi connectivity index (χ3n) is 2.65. The molecular formula is C16H10Cl6O6. The fourth-order valence-electron chi connectivity index (χ4n) is 1.51. The van der Waals surface area contributed by atoms with Crippen LogP contribution in [0.2, 0.25) is 30.1 Å². The quantitative estimate of drug-likeness (QED) is 0.448. The average Bonchev–Trinajstić information content (AvgIpc) is 2.59. The zero-order valence-corrected chi connectivity index (χ0v) is 18.1. The number of aliphatic carboxylic acids is 2. The third-order valence-corrected chi connectivity index (χ3v) is 4.69. The maximum Gasteiger partial charge on any atom is 0.341 e. The molecule has 0 aromatic heterocycles. The molecule has 0 aliphatic carbocycles. The molecule has 0 fully saturated rings. The van der Waals surface area contributed by atoms with Gasteiger partial charge in [0.25, 0.3) is 0 Å². The van der Waals surface area contributed by atoms with Crippen molar-refractivity contribution in [1.82, 2.24) is 0 Å². The van der Waals surface area contributed by atoms with E-state index >= 15 is 0 Å². The summed E-state index contributed by atoms with van der Waals surface area (Å²) in [6, 6.07) is 5.52. The van der Waals surface area contributed by atoms with E-state index in [0.29, 0.717) is 10.0 Å². The molecule has 0 aliphatic heterocycles. The topological polar surface area (TPSA) is 93.1 Å². The van der Waals surface area contributed by atoms with Crippen LogP contribution < -0.4 is 9.47 Å². The summed E-state index contributed by atoms with van der Waals surface area (Å²) < 4.78 is 9.72. The zero-order chi connectivity index (χ0) is 21.4. The van der Waals surface area contributed by atoms with Gasteiger partial charge in [-0.1, -0.05) is 69.6 Å². The van der Waals surface area contributed by atoms with E-state index in [4.69, 9.17) is 89.3 Å². The van der Waals surface area contributed by atoms with E-state index in [1.54, 1.807) is 0 Å². The molecule has 2 N–H and O–H groups in total. The minimum atomic E-state index is -1.09. The maximum atomic E-state index is 10.2. The SMILES string of the molecule is O=C(O)COc1cc(Cl)c(Cl)cc1Cl.O=C(O)COc1cc(Cl)c(Cl)cc1Cl. The van der Waals surface area contributed by atoms with Crippen LogP contribution in [0.25, 0.3) is 0 Å². The number of benzene rings is 2. The normalized spacial score (nSPS) is 9.93. The lowest BCUT2D eigenvalue weighted by atomic mass is 10.3. The third kappa shape index (κ3) is 8.39. The summed E-state index contributed by atoms with van der Waals surface area (Å²) in [6.45, 7) is -0.949. The van der Waals surface area contributed by atoms with Crippen LogP contribution in [-0.2, 0) is 9.59 Å². The Balaban J connectivity index is 0.000000280. The van der Waals surface area contributed by atoms with Crippen LogP contribution in [0.1, 0.15) is 0 Å². The summed E-state index contributed by atoms with van der Waals surface area (Å²) >= 11 is 34.1. The Hall–Kier alpha value is -1.28. The molecule has 0 aliphatic rings. The lowest BCUT2D eigenvalue weighted by Crippen LogP contribution is -2.09. The van der Waals surface area contributed by atoms with Crippen molar-refractivity contribution in [1.29, 1.82) is 0 Å². The van der Waals surface area contributed by atoms with Crippen LogP contribution in [0.15, 0.2) is 24.3 Å². The maximum absolute atomic E-state index is 10.2. The molecule has 0 saturated carbocycles. The zero-order valence-electron chi connectivity index (χ0n) is 13.5. The van der Waals surface area contributed by atoms with Crippen molar-refractivity contribution >= 4 is 81.5 Å². The van der Waals surface area contributed by atoms with E-state index in [2.05, 4.69) is 0 Å². The molecule has 0 spiro atoms. The van der Waals surface area contributed by atoms with Crippen molar-refractivity contribution in [3.05, 3.63) is 54.4 Å². The van der Waals surface area contributed by atoms with Gasteiger partial charge in [0, 0.05) is 12.1 Å². The summed E-state index contributed by atoms with van der Waals surface area (Å²) in [4.78, 5) is 20.4. The Morgan fingerprint density at radius 1 is 0.607 bits per heavy atom. The fourth-order valence-corrected chi connectivity index (χ4v) is 2.69. The van der Waals surface area contributed by atoms with E-state index in [1.165, 1.54) is 24.3 Å². The van der Waals surface area contributed by atoms with Gasteiger partial charge in [0.15, 0.2) is 13.2 Å². The molecule has 2 aromatic rings. The Labute approximate surface area is 189 Å². The van der Waals surface area contributed by atoms with Gasteiger partial charge in [-0.2, -0.15) is 0 Å². The van der Waals surface area contributed by atoms with Gasteiger partial charge < -0.3 is 19.7 Å². The summed E-state index contributed by atoms with van der Waals surface area (Å²) in [6.07, 6.45) is 0. The number of carboxylic acids is 2. The standard InChI is InChI=1S/2C8H5Cl3O3/c2*9-4-1-6(11)7(2-5(4)10)14-3-8(12)13/h2*1-2H,3H2,(H,12,13). The van der Waals surface area contributed by atoms with Crippen LogP contribution in [0.3, 0.4) is 0 Å². The molecule has 152 valence electrons. The summed E-state index contributed by atoms with van der Waals surface area (Å²) in [5.74, 6) is -1.79. The highest BCUT2D eigenvalue weighted by molar-refractivity contribution is 6.44. The Bertz CT molecular complexity index is 802. The molecule has 28 heavy (non-hydrogen) atoms. The first kappa shape index (κ1) is 24.8. The number of rotatable bonds is 6. The minimum absolute atomic E-state index is 0.198. The molecule has 0 unspecified atom stereocenters. The van der Waals surface area contributed by atoms with E-state index in [9.17, 15) is 9.59 Å². The second-order valence-electron chi connectivity index (χ2n) is 4.76. The van der Waals surface area contributed by atoms with Gasteiger partial charge in [-0.3, -0.25) is 0 Å². The molecule has 2 rings (SSSR count). The number of hydrogen-bond donors (Lipinski definition) is 2. The van der Waals surface area contributed by atoms with E-state index in [-0.39, 0.29) is 31.6 Å². The number of ether oxygens (including phenoxy) is 2. The second kappa shape index (κ2) is 11.7. The molecule has 0 heterocycles. The summed E-state index contributed by atoms with van der Waals surface area (Å²) in [5, 5.41) is 18.3. The first-order valence-electron chi connectivity index (χ1n) is 6.99. The highest BCUT2D eigenvalue weighted by Gasteiger charge is 2.09. The van der Waals surface area contributed by atoms with E-state index in [0.717, 1.165) is 0 Å². The Kier molecular flexibility index (Phi) is 10.3. The van der Waals surface area contributed by atoms with Crippen molar-refractivity contribution in [2.45, 2.75) is 0 Å². The number of hydrogen-bond acceptors (Lipinski definition) is 4. The lowest BCUT2D eigenvalue weighted by molar-refractivity contribution is -0.140. The van der Waals surface area contributed by atoms with Crippen LogP contribution in [0.5, 0.6) is 11.5 Å². The molecule has 0 saturated heterocycles. The predicted octanol–water partition coefficient (Wildman–Crippen LogP) is 6.22. The van der Waals surface area contributed by atoms with Gasteiger partial charge in [-0.05, 0) is 12.1 Å². The highest BCUT2D eigenvalue weighted by Crippen LogP contribution is 2.34. The van der Waals surface area contributed by atoms with Crippen molar-refractivity contribution in [3.63, 3.8) is 0 Å². The number of halogens is 6. The van der Waals surface area contributed by atoms with Gasteiger partial charge in [0.05, 0.1) is 30.1 Å². The van der Waals surface area contributed by atoms with Crippen LogP contribution >= 0.6 is 69.6 Å². The number of carboxylic acid groups (broad SMARTS) is 2. The fraction of sp³-hybridized carbons (Fsp3) is 0.125. The first-order chi connectivity index (χ1) is 13.0. The van der Waals surface area contributed by atoms with Crippen molar-refractivity contribution < 1.29 is 29.3 Å². The van der Waals surface area contributed by atoms with Crippen molar-refractivity contribution in [3.8, 4) is 11.5 Å². The van der Waals surface area contributed by atoms with Crippen LogP contribution in [0, 0.1) is 0 Å². The highest BCUT2D eigenvalue weighted by atomic mass is 35.5. The first-order valence-corrected chi connectivity index (χ1v) is 9.26. The Morgan fingerprint density at radius 3 is 1.18 bits per heavy atom. The molecule has 12 heteroatoms. The largest absolute Gasteiger partial charge is 0.480 e. The summed E-state index contributed by atoms with van der Waals surface area (Å²) in [7, 11) is 0. The second-order valence-corrected chi connectivity index (χ2v) is 7.20. The van der Waals surface area contributed by atoms with Gasteiger partial charge >= 0.3 is 11.9 Å². The molecule has 6 nitrogen and oxygen atoms in total. The van der Waals surface area contributed by atoms with E-state index < -0.39 is 25.2 Å². The van der Waals surface area contributed by atoms with Crippen molar-refractivity contribution in [2.24, 2.45) is 0 Å². The average molecular weight is 511 g/mol. The van der Waals surface area contributed by atoms with Gasteiger partial charge in [0.1, 0.15) is 11.5 Å². The monoisotopic (exact) mass is 508 g/mol. The lowest BCUT2D eigenvalue weighted by Gasteiger charge is -2.06. The van der Waals surface area contributed by atoms with Gasteiger partial charge in [0.2, 0.25) is 0 Å². The van der Waals surface area contributed by atoms with Crippen molar-refractivity contribution in [2.75, 3.05) is 13.2 Å². The predicted molar refractivity (Wildman–Crippen MR) is 109 cm³/mol. The molecule has 2 aromatic carbocycles. The van der Waals surface area contributed by atoms with Gasteiger partial charge in [-0.15, -0.1) is 0 Å². The molecule has 0 bridgehead atoms. The molecule has 0 atom stereocenters. The van der Waals surface area contributed by atoms with Gasteiger partial charge in [-0.25, -0.2) is 9.59 Å².